The number of anilines is 2. The molecule has 0 radical (unpaired) electrons. The summed E-state index contributed by atoms with van der Waals surface area (Å²) in [7, 11) is 0. The lowest BCUT2D eigenvalue weighted by Gasteiger charge is -2.11. The van der Waals surface area contributed by atoms with E-state index in [1.54, 1.807) is 24.3 Å². The Bertz CT molecular complexity index is 1370. The molecule has 2 N–H and O–H groups in total. The van der Waals surface area contributed by atoms with E-state index in [2.05, 4.69) is 16.7 Å². The van der Waals surface area contributed by atoms with Gasteiger partial charge in [-0.3, -0.25) is 4.79 Å². The number of halogens is 3. The number of aryl methyl sites for hydroxylation is 1. The number of rotatable bonds is 5. The smallest absolute Gasteiger partial charge is 0.308 e. The van der Waals surface area contributed by atoms with Gasteiger partial charge in [-0.05, 0) is 61.5 Å². The number of urea groups is 1. The summed E-state index contributed by atoms with van der Waals surface area (Å²) in [5, 5.41) is 5.96. The van der Waals surface area contributed by atoms with Gasteiger partial charge in [0.25, 0.3) is 0 Å². The van der Waals surface area contributed by atoms with Gasteiger partial charge in [0.2, 0.25) is 17.8 Å². The van der Waals surface area contributed by atoms with Crippen molar-refractivity contribution >= 4 is 34.1 Å². The van der Waals surface area contributed by atoms with E-state index in [1.807, 2.05) is 42.0 Å². The van der Waals surface area contributed by atoms with Crippen molar-refractivity contribution in [2.75, 3.05) is 10.6 Å². The molecule has 1 heterocycles. The molecule has 0 spiro atoms. The second-order valence-corrected chi connectivity index (χ2v) is 7.86. The first-order chi connectivity index (χ1) is 16.2. The Balaban J connectivity index is 1.40. The van der Waals surface area contributed by atoms with E-state index in [1.165, 1.54) is 12.1 Å². The number of ketones is 1. The van der Waals surface area contributed by atoms with Gasteiger partial charge < -0.3 is 10.6 Å². The molecule has 0 atom stereocenters. The molecule has 0 fully saturated rings. The average Bonchev–Trinajstić information content (AvgIpc) is 2.79. The number of nitrogens with one attached hydrogen (secondary N) is 2. The molecule has 0 aliphatic carbocycles. The molecule has 4 aromatic rings. The van der Waals surface area contributed by atoms with Crippen LogP contribution >= 0.6 is 0 Å². The van der Waals surface area contributed by atoms with E-state index >= 15 is 0 Å². The topological polar surface area (TPSA) is 62.1 Å². The Morgan fingerprint density at radius 1 is 0.853 bits per heavy atom. The van der Waals surface area contributed by atoms with Crippen molar-refractivity contribution in [1.29, 1.82) is 0 Å². The number of hydrogen-bond donors (Lipinski definition) is 2. The number of nitrogens with zero attached hydrogens (tertiary/aromatic N) is 1. The Labute approximate surface area is 193 Å². The molecule has 0 saturated carbocycles. The van der Waals surface area contributed by atoms with Crippen LogP contribution in [0.1, 0.15) is 21.5 Å². The molecule has 0 aliphatic rings. The van der Waals surface area contributed by atoms with Crippen LogP contribution in [0.15, 0.2) is 85.1 Å². The van der Waals surface area contributed by atoms with Crippen LogP contribution in [-0.4, -0.2) is 11.8 Å². The fourth-order valence-electron chi connectivity index (χ4n) is 3.59. The maximum absolute atomic E-state index is 12.8. The number of carbonyl (C=O) groups is 2. The van der Waals surface area contributed by atoms with E-state index in [0.29, 0.717) is 11.3 Å². The van der Waals surface area contributed by atoms with Gasteiger partial charge in [0.05, 0.1) is 5.56 Å². The number of Topliss-reactive ketones (excluding diaryl/α,β-unsaturated/α-hetero) is 1. The van der Waals surface area contributed by atoms with Crippen molar-refractivity contribution in [1.82, 2.24) is 0 Å². The minimum Gasteiger partial charge on any atom is -0.308 e. The van der Waals surface area contributed by atoms with E-state index in [0.717, 1.165) is 28.6 Å². The zero-order chi connectivity index (χ0) is 24.3. The maximum Gasteiger partial charge on any atom is 0.416 e. The monoisotopic (exact) mass is 464 g/mol. The Morgan fingerprint density at radius 2 is 1.59 bits per heavy atom. The van der Waals surface area contributed by atoms with Crippen molar-refractivity contribution in [2.24, 2.45) is 0 Å². The number of pyridine rings is 1. The zero-order valence-electron chi connectivity index (χ0n) is 18.2. The molecule has 2 amide bonds. The van der Waals surface area contributed by atoms with E-state index in [4.69, 9.17) is 0 Å². The summed E-state index contributed by atoms with van der Waals surface area (Å²) in [6.45, 7) is 2.17. The third-order valence-corrected chi connectivity index (χ3v) is 5.26. The maximum atomic E-state index is 12.8. The highest BCUT2D eigenvalue weighted by Crippen LogP contribution is 2.30. The van der Waals surface area contributed by atoms with Gasteiger partial charge in [-0.15, -0.1) is 0 Å². The summed E-state index contributed by atoms with van der Waals surface area (Å²) in [5.41, 5.74) is 2.12. The third kappa shape index (κ3) is 5.40. The first-order valence-electron chi connectivity index (χ1n) is 10.5. The van der Waals surface area contributed by atoms with Crippen molar-refractivity contribution in [3.8, 4) is 0 Å². The van der Waals surface area contributed by atoms with Crippen LogP contribution in [0.3, 0.4) is 0 Å². The van der Waals surface area contributed by atoms with Crippen LogP contribution in [0.4, 0.5) is 29.3 Å². The Hall–Kier alpha value is -4.20. The fraction of sp³-hybridized carbons (Fsp3) is 0.115. The van der Waals surface area contributed by atoms with Crippen LogP contribution < -0.4 is 15.2 Å². The molecule has 4 rings (SSSR count). The number of carbonyl (C=O) groups excluding carboxylic acids is 2. The first kappa shape index (κ1) is 23.0. The van der Waals surface area contributed by atoms with Gasteiger partial charge >= 0.3 is 12.2 Å². The molecular formula is C26H21F3N3O2+. The highest BCUT2D eigenvalue weighted by atomic mass is 19.4. The third-order valence-electron chi connectivity index (χ3n) is 5.26. The number of fused-ring (bicyclic) bond motifs is 1. The van der Waals surface area contributed by atoms with Crippen LogP contribution in [0.5, 0.6) is 0 Å². The fourth-order valence-corrected chi connectivity index (χ4v) is 3.59. The minimum absolute atomic E-state index is 0.0152. The molecule has 0 bridgehead atoms. The van der Waals surface area contributed by atoms with Crippen LogP contribution in [-0.2, 0) is 12.7 Å². The van der Waals surface area contributed by atoms with E-state index in [9.17, 15) is 22.8 Å². The van der Waals surface area contributed by atoms with Crippen molar-refractivity contribution in [2.45, 2.75) is 19.6 Å². The van der Waals surface area contributed by atoms with Crippen LogP contribution in [0.2, 0.25) is 0 Å². The van der Waals surface area contributed by atoms with Gasteiger partial charge in [0.15, 0.2) is 6.20 Å². The zero-order valence-corrected chi connectivity index (χ0v) is 18.2. The number of alkyl halides is 3. The molecule has 1 aromatic heterocycles. The lowest BCUT2D eigenvalue weighted by Crippen LogP contribution is -2.38. The number of hydrogen-bond acceptors (Lipinski definition) is 2. The standard InChI is InChI=1S/C26H20F3N3O2/c1-17-7-12-23-19(14-17)4-3-13-32(23)16-24(33)18-8-10-21(11-9-18)30-25(34)31-22-6-2-5-20(15-22)26(27,28)29/h2-15H,16H2,1H3,(H-,30,31,33,34)/p+1. The molecule has 0 saturated heterocycles. The summed E-state index contributed by atoms with van der Waals surface area (Å²) in [5.74, 6) is -0.0990. The number of benzene rings is 3. The second kappa shape index (κ2) is 9.35. The molecule has 172 valence electrons. The molecule has 34 heavy (non-hydrogen) atoms. The van der Waals surface area contributed by atoms with Crippen LogP contribution in [0.25, 0.3) is 10.9 Å². The summed E-state index contributed by atoms with van der Waals surface area (Å²) < 4.78 is 40.4. The Morgan fingerprint density at radius 3 is 2.32 bits per heavy atom. The van der Waals surface area contributed by atoms with E-state index in [-0.39, 0.29) is 18.0 Å². The van der Waals surface area contributed by atoms with Gasteiger partial charge in [-0.2, -0.15) is 17.7 Å². The molecule has 0 unspecified atom stereocenters. The van der Waals surface area contributed by atoms with Crippen molar-refractivity contribution in [3.63, 3.8) is 0 Å². The predicted octanol–water partition coefficient (Wildman–Crippen LogP) is 5.98. The first-order valence-corrected chi connectivity index (χ1v) is 10.5. The highest BCUT2D eigenvalue weighted by molar-refractivity contribution is 6.00. The predicted molar refractivity (Wildman–Crippen MR) is 124 cm³/mol. The molecule has 3 aromatic carbocycles. The highest BCUT2D eigenvalue weighted by Gasteiger charge is 2.30. The van der Waals surface area contributed by atoms with E-state index < -0.39 is 17.8 Å². The second-order valence-electron chi connectivity index (χ2n) is 7.86. The molecule has 0 aliphatic heterocycles. The summed E-state index contributed by atoms with van der Waals surface area (Å²) in [6, 6.07) is 19.9. The summed E-state index contributed by atoms with van der Waals surface area (Å²) in [6.07, 6.45) is -2.65. The number of amides is 2. The molecule has 8 heteroatoms. The van der Waals surface area contributed by atoms with Gasteiger partial charge in [-0.1, -0.05) is 17.7 Å². The molecular weight excluding hydrogens is 443 g/mol. The van der Waals surface area contributed by atoms with Crippen molar-refractivity contribution in [3.05, 3.63) is 102 Å². The SMILES string of the molecule is Cc1ccc2c(ccc[n+]2CC(=O)c2ccc(NC(=O)Nc3cccc(C(F)(F)F)c3)cc2)c1. The normalized spacial score (nSPS) is 11.3. The van der Waals surface area contributed by atoms with Gasteiger partial charge in [-0.25, -0.2) is 4.79 Å². The largest absolute Gasteiger partial charge is 0.416 e. The summed E-state index contributed by atoms with van der Waals surface area (Å²) in [4.78, 5) is 25.0. The average molecular weight is 464 g/mol. The lowest BCUT2D eigenvalue weighted by molar-refractivity contribution is -0.657. The number of aromatic nitrogens is 1. The quantitative estimate of drug-likeness (QED) is 0.282. The minimum atomic E-state index is -4.50. The van der Waals surface area contributed by atoms with Gasteiger partial charge in [0, 0.05) is 34.5 Å². The van der Waals surface area contributed by atoms with Gasteiger partial charge in [0.1, 0.15) is 0 Å². The van der Waals surface area contributed by atoms with Crippen molar-refractivity contribution < 1.29 is 27.3 Å². The van der Waals surface area contributed by atoms with Crippen LogP contribution in [0, 0.1) is 6.92 Å². The lowest BCUT2D eigenvalue weighted by atomic mass is 10.1. The Kier molecular flexibility index (Phi) is 6.32. The molecule has 5 nitrogen and oxygen atoms in total. The summed E-state index contributed by atoms with van der Waals surface area (Å²) >= 11 is 0.